The smallest absolute Gasteiger partial charge is 0.433 e. The first kappa shape index (κ1) is 49.4. The van der Waals surface area contributed by atoms with Crippen LogP contribution in [-0.4, -0.2) is 94.2 Å². The number of benzene rings is 3. The second-order valence-corrected chi connectivity index (χ2v) is 23.3. The number of halogens is 5. The Hall–Kier alpha value is -6.51. The number of piperidine rings is 2. The molecule has 1 aromatic heterocycles. The van der Waals surface area contributed by atoms with Crippen LogP contribution in [0, 0.1) is 34.4 Å². The molecule has 2 aliphatic carbocycles. The molecule has 5 fully saturated rings. The van der Waals surface area contributed by atoms with E-state index in [-0.39, 0.29) is 89.1 Å². The van der Waals surface area contributed by atoms with Crippen LogP contribution < -0.4 is 25.6 Å². The van der Waals surface area contributed by atoms with Crippen molar-refractivity contribution in [3.63, 3.8) is 0 Å². The summed E-state index contributed by atoms with van der Waals surface area (Å²) >= 11 is 6.52. The molecule has 18 heteroatoms. The zero-order valence-electron chi connectivity index (χ0n) is 41.8. The van der Waals surface area contributed by atoms with E-state index in [1.807, 2.05) is 17.9 Å². The van der Waals surface area contributed by atoms with Gasteiger partial charge in [-0.05, 0) is 123 Å². The van der Waals surface area contributed by atoms with Gasteiger partial charge in [-0.1, -0.05) is 55.5 Å². The third kappa shape index (κ3) is 7.98. The predicted molar refractivity (Wildman–Crippen MR) is 269 cm³/mol. The number of amides is 5. The summed E-state index contributed by atoms with van der Waals surface area (Å²) < 4.78 is 65.5. The quantitative estimate of drug-likeness (QED) is 0.104. The van der Waals surface area contributed by atoms with Crippen molar-refractivity contribution in [2.24, 2.45) is 16.7 Å². The SMILES string of the molecule is C[C@H]1CN(C(=O)[C@@H]2NC3(CCC(C)(C)CC3)[C@@]3(CNc4cc(C(F)(F)F)ncc43)[C@H]2c2cccc(Cl)c2F)c2ccc(C(=O)N3CCC4(CC3)C[C@@H]4C#Cc3cccc4c3CN([C@H]3CCC(=O)NC3=O)C4=O)cc2O1. The van der Waals surface area contributed by atoms with Gasteiger partial charge in [0.05, 0.1) is 23.3 Å². The second kappa shape index (κ2) is 17.5. The van der Waals surface area contributed by atoms with Crippen molar-refractivity contribution < 1.29 is 46.3 Å². The minimum atomic E-state index is -4.70. The van der Waals surface area contributed by atoms with E-state index in [9.17, 15) is 32.3 Å². The Morgan fingerprint density at radius 1 is 0.960 bits per heavy atom. The molecule has 3 spiro atoms. The average molecular weight is 1050 g/mol. The summed E-state index contributed by atoms with van der Waals surface area (Å²) in [5, 5.41) is 9.27. The summed E-state index contributed by atoms with van der Waals surface area (Å²) in [4.78, 5) is 76.7. The molecule has 3 aromatic carbocycles. The number of aromatic nitrogens is 1. The molecule has 75 heavy (non-hydrogen) atoms. The lowest BCUT2D eigenvalue weighted by atomic mass is 9.54. The number of nitrogens with one attached hydrogen (secondary N) is 3. The zero-order chi connectivity index (χ0) is 52.6. The van der Waals surface area contributed by atoms with Gasteiger partial charge < -0.3 is 24.8 Å². The number of hydrogen-bond donors (Lipinski definition) is 3. The lowest BCUT2D eigenvalue weighted by Crippen LogP contribution is -2.60. The lowest BCUT2D eigenvalue weighted by Gasteiger charge is -2.51. The van der Waals surface area contributed by atoms with Gasteiger partial charge in [-0.2, -0.15) is 13.2 Å². The third-order valence-electron chi connectivity index (χ3n) is 18.2. The maximum atomic E-state index is 16.8. The van der Waals surface area contributed by atoms with E-state index < -0.39 is 58.7 Å². The van der Waals surface area contributed by atoms with Gasteiger partial charge in [0, 0.05) is 89.5 Å². The summed E-state index contributed by atoms with van der Waals surface area (Å²) in [7, 11) is 0. The van der Waals surface area contributed by atoms with E-state index in [1.165, 1.54) is 17.2 Å². The topological polar surface area (TPSA) is 153 Å². The van der Waals surface area contributed by atoms with E-state index in [4.69, 9.17) is 16.3 Å². The molecule has 0 radical (unpaired) electrons. The Morgan fingerprint density at radius 2 is 1.72 bits per heavy atom. The molecule has 3 saturated heterocycles. The molecule has 7 heterocycles. The van der Waals surface area contributed by atoms with E-state index in [0.29, 0.717) is 54.1 Å². The van der Waals surface area contributed by atoms with Gasteiger partial charge in [-0.25, -0.2) is 4.39 Å². The van der Waals surface area contributed by atoms with Gasteiger partial charge in [0.1, 0.15) is 29.4 Å². The first-order chi connectivity index (χ1) is 35.7. The van der Waals surface area contributed by atoms with Crippen molar-refractivity contribution in [3.05, 3.63) is 117 Å². The Kier molecular flexibility index (Phi) is 11.5. The molecule has 6 aliphatic heterocycles. The monoisotopic (exact) mass is 1050 g/mol. The van der Waals surface area contributed by atoms with Crippen molar-refractivity contribution in [3.8, 4) is 17.6 Å². The van der Waals surface area contributed by atoms with Crippen molar-refractivity contribution in [1.82, 2.24) is 25.4 Å². The molecule has 4 aromatic rings. The molecule has 390 valence electrons. The van der Waals surface area contributed by atoms with Crippen LogP contribution in [0.2, 0.25) is 5.02 Å². The van der Waals surface area contributed by atoms with Gasteiger partial charge in [0.15, 0.2) is 0 Å². The van der Waals surface area contributed by atoms with E-state index in [2.05, 4.69) is 46.6 Å². The number of rotatable bonds is 4. The van der Waals surface area contributed by atoms with Crippen molar-refractivity contribution in [2.45, 2.75) is 126 Å². The number of likely N-dealkylation sites (tertiary alicyclic amines) is 1. The lowest BCUT2D eigenvalue weighted by molar-refractivity contribution is -0.141. The third-order valence-corrected chi connectivity index (χ3v) is 18.4. The summed E-state index contributed by atoms with van der Waals surface area (Å²) in [5.74, 6) is 4.05. The van der Waals surface area contributed by atoms with E-state index in [0.717, 1.165) is 49.3 Å². The van der Waals surface area contributed by atoms with Crippen LogP contribution in [0.3, 0.4) is 0 Å². The number of fused-ring (bicyclic) bond motifs is 5. The zero-order valence-corrected chi connectivity index (χ0v) is 42.5. The number of alkyl halides is 3. The fourth-order valence-corrected chi connectivity index (χ4v) is 14.0. The minimum Gasteiger partial charge on any atom is -0.487 e. The van der Waals surface area contributed by atoms with E-state index in [1.54, 1.807) is 47.4 Å². The predicted octanol–water partition coefficient (Wildman–Crippen LogP) is 8.52. The fourth-order valence-electron chi connectivity index (χ4n) is 13.9. The molecule has 6 atom stereocenters. The van der Waals surface area contributed by atoms with Crippen LogP contribution in [0.15, 0.2) is 66.9 Å². The number of hydrogen-bond acceptors (Lipinski definition) is 9. The average Bonchev–Trinajstić information content (AvgIpc) is 3.60. The maximum Gasteiger partial charge on any atom is 0.433 e. The van der Waals surface area contributed by atoms with Crippen LogP contribution in [0.1, 0.15) is 133 Å². The molecule has 3 N–H and O–H groups in total. The highest BCUT2D eigenvalue weighted by Crippen LogP contribution is 2.64. The highest BCUT2D eigenvalue weighted by molar-refractivity contribution is 6.30. The van der Waals surface area contributed by atoms with Gasteiger partial charge in [-0.15, -0.1) is 0 Å². The molecular weight excluding hydrogens is 990 g/mol. The first-order valence-corrected chi connectivity index (χ1v) is 26.3. The standard InChI is InChI=1S/C57H56ClF4N7O6/c1-31-28-68(52(74)48-46(36-8-5-9-39(58)47(36)59)56(55(66-48)18-16-53(2,3)17-19-55)30-64-40-25-44(57(60,61)62)63-27-38(40)56)41-13-11-33(24-43(41)75-31)50(72)67-22-20-54(21-23-67)26-34(54)12-10-32-6-4-7-35-37(32)29-69(51(35)73)42-14-15-45(70)65-49(42)71/h4-9,11,13,24-25,27,31,34,42,46,48,64,66H,14-23,26,28-30H2,1-3H3,(H,65,70,71)/t31-,34-,42-,46-,48+,56+/m0/s1. The summed E-state index contributed by atoms with van der Waals surface area (Å²) in [5.41, 5.74) is 0.652. The number of imide groups is 1. The highest BCUT2D eigenvalue weighted by atomic mass is 35.5. The summed E-state index contributed by atoms with van der Waals surface area (Å²) in [6.45, 7) is 7.74. The van der Waals surface area contributed by atoms with Crippen LogP contribution in [-0.2, 0) is 32.5 Å². The Balaban J connectivity index is 0.786. The van der Waals surface area contributed by atoms with E-state index >= 15 is 9.18 Å². The van der Waals surface area contributed by atoms with Crippen LogP contribution in [0.4, 0.5) is 28.9 Å². The number of nitrogens with zero attached hydrogens (tertiary/aromatic N) is 4. The number of pyridine rings is 1. The fraction of sp³-hybridized carbons (Fsp3) is 0.474. The largest absolute Gasteiger partial charge is 0.487 e. The first-order valence-electron chi connectivity index (χ1n) is 25.9. The molecular formula is C57H56ClF4N7O6. The summed E-state index contributed by atoms with van der Waals surface area (Å²) in [6, 6.07) is 14.4. The van der Waals surface area contributed by atoms with Gasteiger partial charge in [-0.3, -0.25) is 39.6 Å². The molecule has 0 bridgehead atoms. The number of carbonyl (C=O) groups is 5. The van der Waals surface area contributed by atoms with Crippen LogP contribution >= 0.6 is 11.6 Å². The molecule has 5 amide bonds. The van der Waals surface area contributed by atoms with Crippen molar-refractivity contribution in [2.75, 3.05) is 36.4 Å². The molecule has 8 aliphatic rings. The van der Waals surface area contributed by atoms with Gasteiger partial charge >= 0.3 is 6.18 Å². The normalized spacial score (nSPS) is 27.8. The van der Waals surface area contributed by atoms with Crippen molar-refractivity contribution >= 4 is 52.5 Å². The molecule has 12 rings (SSSR count). The summed E-state index contributed by atoms with van der Waals surface area (Å²) in [6.07, 6.45) is 1.54. The number of ether oxygens (including phenoxy) is 1. The van der Waals surface area contributed by atoms with Crippen LogP contribution in [0.25, 0.3) is 0 Å². The van der Waals surface area contributed by atoms with Crippen molar-refractivity contribution in [1.29, 1.82) is 0 Å². The Labute approximate surface area is 436 Å². The van der Waals surface area contributed by atoms with Gasteiger partial charge in [0.25, 0.3) is 11.8 Å². The highest BCUT2D eigenvalue weighted by Gasteiger charge is 2.70. The molecule has 13 nitrogen and oxygen atoms in total. The second-order valence-electron chi connectivity index (χ2n) is 22.9. The maximum absolute atomic E-state index is 16.8. The molecule has 0 unspecified atom stereocenters. The Morgan fingerprint density at radius 3 is 2.47 bits per heavy atom. The number of carbonyl (C=O) groups excluding carboxylic acids is 5. The van der Waals surface area contributed by atoms with Gasteiger partial charge in [0.2, 0.25) is 17.7 Å². The molecule has 2 saturated carbocycles. The van der Waals surface area contributed by atoms with Crippen LogP contribution in [0.5, 0.6) is 5.75 Å². The minimum absolute atomic E-state index is 0.0319. The number of anilines is 2. The Bertz CT molecular complexity index is 3190.